The van der Waals surface area contributed by atoms with Crippen molar-refractivity contribution < 1.29 is 22.7 Å². The van der Waals surface area contributed by atoms with E-state index in [9.17, 15) is 13.2 Å². The van der Waals surface area contributed by atoms with Crippen LogP contribution in [0, 0.1) is 6.92 Å². The molecule has 0 aromatic heterocycles. The summed E-state index contributed by atoms with van der Waals surface area (Å²) in [6, 6.07) is 13.5. The molecule has 1 aliphatic heterocycles. The van der Waals surface area contributed by atoms with E-state index in [1.807, 2.05) is 38.1 Å². The van der Waals surface area contributed by atoms with E-state index < -0.39 is 10.0 Å². The lowest BCUT2D eigenvalue weighted by molar-refractivity contribution is 0.0730. The molecule has 1 heterocycles. The highest BCUT2D eigenvalue weighted by Gasteiger charge is 2.26. The number of carbonyl (C=O) groups is 1. The second kappa shape index (κ2) is 9.39. The van der Waals surface area contributed by atoms with Gasteiger partial charge >= 0.3 is 0 Å². The van der Waals surface area contributed by atoms with Crippen LogP contribution in [-0.2, 0) is 14.8 Å². The highest BCUT2D eigenvalue weighted by atomic mass is 32.2. The van der Waals surface area contributed by atoms with E-state index in [0.717, 1.165) is 11.3 Å². The summed E-state index contributed by atoms with van der Waals surface area (Å²) in [5.74, 6) is 0.467. The predicted molar refractivity (Wildman–Crippen MR) is 110 cm³/mol. The van der Waals surface area contributed by atoms with Gasteiger partial charge in [-0.1, -0.05) is 17.7 Å². The molecule has 29 heavy (non-hydrogen) atoms. The number of carbonyl (C=O) groups excluding carboxylic acids is 1. The van der Waals surface area contributed by atoms with Crippen molar-refractivity contribution in [2.45, 2.75) is 24.8 Å². The minimum Gasteiger partial charge on any atom is -0.491 e. The molecular formula is C21H26N2O5S. The number of nitrogens with one attached hydrogen (secondary N) is 1. The van der Waals surface area contributed by atoms with Crippen LogP contribution in [0.4, 0.5) is 0 Å². The molecule has 0 unspecified atom stereocenters. The summed E-state index contributed by atoms with van der Waals surface area (Å²) in [5.41, 5.74) is 1.55. The van der Waals surface area contributed by atoms with Gasteiger partial charge in [0.2, 0.25) is 10.0 Å². The van der Waals surface area contributed by atoms with Crippen LogP contribution in [0.25, 0.3) is 0 Å². The smallest absolute Gasteiger partial charge is 0.251 e. The molecule has 0 radical (unpaired) electrons. The summed E-state index contributed by atoms with van der Waals surface area (Å²) in [5, 5.41) is 2.86. The van der Waals surface area contributed by atoms with E-state index in [-0.39, 0.29) is 16.8 Å². The maximum Gasteiger partial charge on any atom is 0.251 e. The zero-order valence-corrected chi connectivity index (χ0v) is 17.4. The lowest BCUT2D eigenvalue weighted by atomic mass is 10.2. The fraction of sp³-hybridized carbons (Fsp3) is 0.381. The van der Waals surface area contributed by atoms with Gasteiger partial charge in [0.05, 0.1) is 24.2 Å². The molecule has 8 heteroatoms. The van der Waals surface area contributed by atoms with Crippen LogP contribution in [-0.4, -0.2) is 57.6 Å². The standard InChI is InChI=1S/C21H26N2O5S/c1-16-3-7-19(8-4-16)28-15-17(2)22-21(24)18-5-9-20(10-6-18)29(25,26)23-11-13-27-14-12-23/h3-10,17H,11-15H2,1-2H3,(H,22,24)/t17-/m0/s1. The zero-order chi connectivity index (χ0) is 20.9. The average molecular weight is 419 g/mol. The number of benzene rings is 2. The van der Waals surface area contributed by atoms with Crippen LogP contribution in [0.5, 0.6) is 5.75 Å². The SMILES string of the molecule is Cc1ccc(OC[C@H](C)NC(=O)c2ccc(S(=O)(=O)N3CCOCC3)cc2)cc1. The summed E-state index contributed by atoms with van der Waals surface area (Å²) >= 11 is 0. The van der Waals surface area contributed by atoms with Crippen LogP contribution >= 0.6 is 0 Å². The topological polar surface area (TPSA) is 84.9 Å². The monoisotopic (exact) mass is 418 g/mol. The minimum atomic E-state index is -3.57. The molecule has 156 valence electrons. The molecule has 1 saturated heterocycles. The van der Waals surface area contributed by atoms with Gasteiger partial charge in [-0.3, -0.25) is 4.79 Å². The summed E-state index contributed by atoms with van der Waals surface area (Å²) in [7, 11) is -3.57. The molecule has 1 atom stereocenters. The molecule has 2 aromatic carbocycles. The number of rotatable bonds is 7. The molecule has 1 amide bonds. The van der Waals surface area contributed by atoms with Crippen molar-refractivity contribution in [2.75, 3.05) is 32.9 Å². The van der Waals surface area contributed by atoms with Gasteiger partial charge in [0, 0.05) is 18.7 Å². The fourth-order valence-corrected chi connectivity index (χ4v) is 4.33. The van der Waals surface area contributed by atoms with E-state index >= 15 is 0 Å². The first-order valence-corrected chi connectivity index (χ1v) is 11.0. The van der Waals surface area contributed by atoms with E-state index in [4.69, 9.17) is 9.47 Å². The number of aryl methyl sites for hydroxylation is 1. The first-order valence-electron chi connectivity index (χ1n) is 9.54. The Bertz CT molecular complexity index is 921. The number of hydrogen-bond donors (Lipinski definition) is 1. The van der Waals surface area contributed by atoms with Crippen molar-refractivity contribution in [1.82, 2.24) is 9.62 Å². The molecule has 3 rings (SSSR count). The second-order valence-electron chi connectivity index (χ2n) is 7.04. The van der Waals surface area contributed by atoms with Crippen LogP contribution in [0.2, 0.25) is 0 Å². The van der Waals surface area contributed by atoms with Gasteiger partial charge in [-0.2, -0.15) is 4.31 Å². The molecule has 1 fully saturated rings. The first kappa shape index (κ1) is 21.3. The van der Waals surface area contributed by atoms with E-state index in [0.29, 0.717) is 38.5 Å². The molecule has 0 aliphatic carbocycles. The van der Waals surface area contributed by atoms with Gasteiger partial charge in [-0.05, 0) is 50.2 Å². The van der Waals surface area contributed by atoms with Crippen LogP contribution < -0.4 is 10.1 Å². The lowest BCUT2D eigenvalue weighted by Crippen LogP contribution is -2.40. The molecule has 1 N–H and O–H groups in total. The largest absolute Gasteiger partial charge is 0.491 e. The zero-order valence-electron chi connectivity index (χ0n) is 16.6. The molecule has 2 aromatic rings. The summed E-state index contributed by atoms with van der Waals surface area (Å²) < 4.78 is 37.6. The lowest BCUT2D eigenvalue weighted by Gasteiger charge is -2.26. The highest BCUT2D eigenvalue weighted by Crippen LogP contribution is 2.18. The minimum absolute atomic E-state index is 0.173. The molecule has 1 aliphatic rings. The number of morpholine rings is 1. The van der Waals surface area contributed by atoms with E-state index in [1.54, 1.807) is 0 Å². The number of ether oxygens (including phenoxy) is 2. The van der Waals surface area contributed by atoms with E-state index in [1.165, 1.54) is 28.6 Å². The van der Waals surface area contributed by atoms with Gasteiger partial charge in [0.1, 0.15) is 12.4 Å². The number of hydrogen-bond acceptors (Lipinski definition) is 5. The summed E-state index contributed by atoms with van der Waals surface area (Å²) in [6.07, 6.45) is 0. The van der Waals surface area contributed by atoms with Gasteiger partial charge in [0.15, 0.2) is 0 Å². The Kier molecular flexibility index (Phi) is 6.89. The Balaban J connectivity index is 1.56. The van der Waals surface area contributed by atoms with Gasteiger partial charge in [0.25, 0.3) is 5.91 Å². The average Bonchev–Trinajstić information content (AvgIpc) is 2.74. The predicted octanol–water partition coefficient (Wildman–Crippen LogP) is 2.21. The Morgan fingerprint density at radius 3 is 2.34 bits per heavy atom. The van der Waals surface area contributed by atoms with E-state index in [2.05, 4.69) is 5.32 Å². The summed E-state index contributed by atoms with van der Waals surface area (Å²) in [6.45, 7) is 5.64. The Hall–Kier alpha value is -2.42. The number of sulfonamides is 1. The van der Waals surface area contributed by atoms with Crippen molar-refractivity contribution in [3.63, 3.8) is 0 Å². The molecule has 7 nitrogen and oxygen atoms in total. The molecule has 0 saturated carbocycles. The van der Waals surface area contributed by atoms with Crippen molar-refractivity contribution in [3.05, 3.63) is 59.7 Å². The third kappa shape index (κ3) is 5.56. The van der Waals surface area contributed by atoms with Crippen LogP contribution in [0.1, 0.15) is 22.8 Å². The maximum atomic E-state index is 12.6. The van der Waals surface area contributed by atoms with Crippen molar-refractivity contribution >= 4 is 15.9 Å². The van der Waals surface area contributed by atoms with Crippen LogP contribution in [0.15, 0.2) is 53.4 Å². The fourth-order valence-electron chi connectivity index (χ4n) is 2.92. The Morgan fingerprint density at radius 1 is 1.10 bits per heavy atom. The molecule has 0 bridgehead atoms. The second-order valence-corrected chi connectivity index (χ2v) is 8.98. The number of amides is 1. The van der Waals surface area contributed by atoms with Crippen LogP contribution in [0.3, 0.4) is 0 Å². The Morgan fingerprint density at radius 2 is 1.72 bits per heavy atom. The van der Waals surface area contributed by atoms with Crippen molar-refractivity contribution in [2.24, 2.45) is 0 Å². The first-order chi connectivity index (χ1) is 13.9. The van der Waals surface area contributed by atoms with Crippen molar-refractivity contribution in [3.8, 4) is 5.75 Å². The quantitative estimate of drug-likeness (QED) is 0.745. The third-order valence-electron chi connectivity index (χ3n) is 4.62. The Labute approximate surface area is 171 Å². The van der Waals surface area contributed by atoms with Gasteiger partial charge in [-0.15, -0.1) is 0 Å². The molecular weight excluding hydrogens is 392 g/mol. The molecule has 0 spiro atoms. The van der Waals surface area contributed by atoms with Gasteiger partial charge in [-0.25, -0.2) is 8.42 Å². The number of nitrogens with zero attached hydrogens (tertiary/aromatic N) is 1. The van der Waals surface area contributed by atoms with Crippen molar-refractivity contribution in [1.29, 1.82) is 0 Å². The van der Waals surface area contributed by atoms with Gasteiger partial charge < -0.3 is 14.8 Å². The normalized spacial score (nSPS) is 16.2. The third-order valence-corrected chi connectivity index (χ3v) is 6.54. The maximum absolute atomic E-state index is 12.6. The highest BCUT2D eigenvalue weighted by molar-refractivity contribution is 7.89. The summed E-state index contributed by atoms with van der Waals surface area (Å²) in [4.78, 5) is 12.6.